The maximum atomic E-state index is 13.4. The summed E-state index contributed by atoms with van der Waals surface area (Å²) >= 11 is 6.15. The van der Waals surface area contributed by atoms with Gasteiger partial charge in [-0.1, -0.05) is 29.8 Å². The minimum atomic E-state index is -0.304. The van der Waals surface area contributed by atoms with Gasteiger partial charge in [0, 0.05) is 12.0 Å². The van der Waals surface area contributed by atoms with Crippen molar-refractivity contribution in [3.05, 3.63) is 58.9 Å². The van der Waals surface area contributed by atoms with Gasteiger partial charge in [0.25, 0.3) is 0 Å². The third-order valence-electron chi connectivity index (χ3n) is 3.63. The van der Waals surface area contributed by atoms with Crippen molar-refractivity contribution in [2.75, 3.05) is 5.32 Å². The first kappa shape index (κ1) is 14.2. The molecule has 0 radical (unpaired) electrons. The van der Waals surface area contributed by atoms with Crippen LogP contribution in [0.4, 0.5) is 10.1 Å². The molecule has 21 heavy (non-hydrogen) atoms. The third kappa shape index (κ3) is 2.98. The molecule has 2 aromatic carbocycles. The lowest BCUT2D eigenvalue weighted by Gasteiger charge is -2.38. The Labute approximate surface area is 128 Å². The van der Waals surface area contributed by atoms with Crippen LogP contribution < -0.4 is 10.1 Å². The van der Waals surface area contributed by atoms with Crippen LogP contribution in [0.15, 0.2) is 42.5 Å². The molecule has 1 unspecified atom stereocenters. The Morgan fingerprint density at radius 2 is 2.00 bits per heavy atom. The molecule has 0 spiro atoms. The highest BCUT2D eigenvalue weighted by Gasteiger charge is 2.33. The number of benzene rings is 2. The van der Waals surface area contributed by atoms with Gasteiger partial charge >= 0.3 is 0 Å². The molecule has 1 heterocycles. The first-order valence-corrected chi connectivity index (χ1v) is 7.32. The first-order chi connectivity index (χ1) is 9.94. The van der Waals surface area contributed by atoms with E-state index in [2.05, 4.69) is 5.32 Å². The van der Waals surface area contributed by atoms with Gasteiger partial charge in [0.2, 0.25) is 0 Å². The minimum Gasteiger partial charge on any atom is -0.487 e. The average Bonchev–Trinajstić information content (AvgIpc) is 2.41. The summed E-state index contributed by atoms with van der Waals surface area (Å²) in [5, 5.41) is 3.86. The van der Waals surface area contributed by atoms with Gasteiger partial charge < -0.3 is 10.1 Å². The molecule has 0 saturated carbocycles. The van der Waals surface area contributed by atoms with Gasteiger partial charge in [-0.05, 0) is 38.1 Å². The smallest absolute Gasteiger partial charge is 0.125 e. The van der Waals surface area contributed by atoms with E-state index in [4.69, 9.17) is 16.3 Å². The zero-order valence-corrected chi connectivity index (χ0v) is 12.7. The quantitative estimate of drug-likeness (QED) is 0.824. The van der Waals surface area contributed by atoms with Crippen LogP contribution in [0.3, 0.4) is 0 Å². The lowest BCUT2D eigenvalue weighted by molar-refractivity contribution is 0.0759. The Bertz CT molecular complexity index is 672. The van der Waals surface area contributed by atoms with Crippen LogP contribution in [-0.2, 0) is 0 Å². The van der Waals surface area contributed by atoms with Crippen molar-refractivity contribution < 1.29 is 9.13 Å². The molecule has 0 aliphatic carbocycles. The summed E-state index contributed by atoms with van der Waals surface area (Å²) < 4.78 is 19.4. The van der Waals surface area contributed by atoms with Crippen molar-refractivity contribution in [3.63, 3.8) is 0 Å². The van der Waals surface area contributed by atoms with Gasteiger partial charge in [-0.15, -0.1) is 0 Å². The summed E-state index contributed by atoms with van der Waals surface area (Å²) in [5.41, 5.74) is 1.39. The van der Waals surface area contributed by atoms with Crippen molar-refractivity contribution in [1.29, 1.82) is 0 Å². The molecule has 0 fully saturated rings. The zero-order chi connectivity index (χ0) is 15.0. The van der Waals surface area contributed by atoms with Crippen molar-refractivity contribution >= 4 is 17.3 Å². The summed E-state index contributed by atoms with van der Waals surface area (Å²) in [4.78, 5) is 0. The van der Waals surface area contributed by atoms with E-state index in [1.54, 1.807) is 6.07 Å². The van der Waals surface area contributed by atoms with Crippen LogP contribution >= 0.6 is 11.6 Å². The summed E-state index contributed by atoms with van der Waals surface area (Å²) in [5.74, 6) is 0.556. The number of ether oxygens (including phenoxy) is 1. The number of hydrogen-bond acceptors (Lipinski definition) is 2. The van der Waals surface area contributed by atoms with E-state index in [9.17, 15) is 4.39 Å². The van der Waals surface area contributed by atoms with Gasteiger partial charge in [-0.2, -0.15) is 0 Å². The van der Waals surface area contributed by atoms with Crippen molar-refractivity contribution in [1.82, 2.24) is 0 Å². The summed E-state index contributed by atoms with van der Waals surface area (Å²) in [6.45, 7) is 4.09. The number of rotatable bonds is 2. The van der Waals surface area contributed by atoms with E-state index in [1.165, 1.54) is 12.1 Å². The van der Waals surface area contributed by atoms with Crippen LogP contribution in [0, 0.1) is 5.82 Å². The fourth-order valence-corrected chi connectivity index (χ4v) is 2.90. The average molecular weight is 306 g/mol. The molecule has 1 aliphatic heterocycles. The molecule has 110 valence electrons. The molecular weight excluding hydrogens is 289 g/mol. The highest BCUT2D eigenvalue weighted by Crippen LogP contribution is 2.41. The molecule has 1 N–H and O–H groups in total. The standard InChI is InChI=1S/C17H17ClFNO/c1-17(2)10-15(12-5-3-4-6-16(12)21-17)20-14-9-11(19)7-8-13(14)18/h3-9,15,20H,10H2,1-2H3. The molecule has 0 bridgehead atoms. The maximum absolute atomic E-state index is 13.4. The lowest BCUT2D eigenvalue weighted by atomic mass is 9.89. The van der Waals surface area contributed by atoms with Crippen molar-refractivity contribution in [2.24, 2.45) is 0 Å². The second kappa shape index (κ2) is 5.23. The predicted octanol–water partition coefficient (Wildman–Crippen LogP) is 5.19. The molecule has 1 atom stereocenters. The molecule has 2 nitrogen and oxygen atoms in total. The van der Waals surface area contributed by atoms with Crippen LogP contribution in [0.5, 0.6) is 5.75 Å². The molecule has 1 aliphatic rings. The lowest BCUT2D eigenvalue weighted by Crippen LogP contribution is -2.37. The Hall–Kier alpha value is -1.74. The predicted molar refractivity (Wildman–Crippen MR) is 83.5 cm³/mol. The molecule has 2 aromatic rings. The Morgan fingerprint density at radius 3 is 2.81 bits per heavy atom. The largest absolute Gasteiger partial charge is 0.487 e. The van der Waals surface area contributed by atoms with E-state index < -0.39 is 0 Å². The Balaban J connectivity index is 1.96. The van der Waals surface area contributed by atoms with Gasteiger partial charge in [-0.3, -0.25) is 0 Å². The van der Waals surface area contributed by atoms with Crippen LogP contribution in [0.25, 0.3) is 0 Å². The summed E-state index contributed by atoms with van der Waals surface area (Å²) in [6, 6.07) is 12.3. The van der Waals surface area contributed by atoms with E-state index in [-0.39, 0.29) is 17.5 Å². The second-order valence-electron chi connectivity index (χ2n) is 5.92. The summed E-state index contributed by atoms with van der Waals surface area (Å²) in [7, 11) is 0. The number of hydrogen-bond donors (Lipinski definition) is 1. The van der Waals surface area contributed by atoms with E-state index in [1.807, 2.05) is 38.1 Å². The van der Waals surface area contributed by atoms with Crippen LogP contribution in [0.1, 0.15) is 31.9 Å². The van der Waals surface area contributed by atoms with E-state index in [0.29, 0.717) is 10.7 Å². The normalized spacial score (nSPS) is 19.5. The highest BCUT2D eigenvalue weighted by molar-refractivity contribution is 6.33. The van der Waals surface area contributed by atoms with Gasteiger partial charge in [0.05, 0.1) is 16.8 Å². The maximum Gasteiger partial charge on any atom is 0.125 e. The SMILES string of the molecule is CC1(C)CC(Nc2cc(F)ccc2Cl)c2ccccc2O1. The number of anilines is 1. The van der Waals surface area contributed by atoms with Crippen LogP contribution in [-0.4, -0.2) is 5.60 Å². The number of halogens is 2. The van der Waals surface area contributed by atoms with Gasteiger partial charge in [0.1, 0.15) is 17.2 Å². The molecular formula is C17H17ClFNO. The Morgan fingerprint density at radius 1 is 1.24 bits per heavy atom. The first-order valence-electron chi connectivity index (χ1n) is 6.94. The fraction of sp³-hybridized carbons (Fsp3) is 0.294. The second-order valence-corrected chi connectivity index (χ2v) is 6.33. The monoisotopic (exact) mass is 305 g/mol. The number of para-hydroxylation sites is 1. The van der Waals surface area contributed by atoms with E-state index >= 15 is 0 Å². The molecule has 0 amide bonds. The van der Waals surface area contributed by atoms with Crippen LogP contribution in [0.2, 0.25) is 5.02 Å². The molecule has 4 heteroatoms. The van der Waals surface area contributed by atoms with E-state index in [0.717, 1.165) is 17.7 Å². The third-order valence-corrected chi connectivity index (χ3v) is 3.96. The molecule has 3 rings (SSSR count). The van der Waals surface area contributed by atoms with Gasteiger partial charge in [0.15, 0.2) is 0 Å². The Kier molecular flexibility index (Phi) is 3.54. The highest BCUT2D eigenvalue weighted by atomic mass is 35.5. The molecule has 0 aromatic heterocycles. The summed E-state index contributed by atoms with van der Waals surface area (Å²) in [6.07, 6.45) is 0.775. The van der Waals surface area contributed by atoms with Crippen molar-refractivity contribution in [2.45, 2.75) is 31.9 Å². The number of fused-ring (bicyclic) bond motifs is 1. The zero-order valence-electron chi connectivity index (χ0n) is 12.0. The molecule has 0 saturated heterocycles. The topological polar surface area (TPSA) is 21.3 Å². The van der Waals surface area contributed by atoms with Crippen molar-refractivity contribution in [3.8, 4) is 5.75 Å². The minimum absolute atomic E-state index is 0.0317. The van der Waals surface area contributed by atoms with Gasteiger partial charge in [-0.25, -0.2) is 4.39 Å². The number of nitrogens with one attached hydrogen (secondary N) is 1. The fourth-order valence-electron chi connectivity index (χ4n) is 2.73.